The molecule has 0 saturated heterocycles. The van der Waals surface area contributed by atoms with Crippen molar-refractivity contribution < 1.29 is 27.5 Å². The fourth-order valence-electron chi connectivity index (χ4n) is 1.37. The molecule has 1 aromatic carbocycles. The van der Waals surface area contributed by atoms with E-state index in [0.717, 1.165) is 6.07 Å². The SMILES string of the molecule is CC(C)(C)OC(=O)Nc1ccc([C]=O)c(C(F)(F)F)c1. The van der Waals surface area contributed by atoms with Crippen molar-refractivity contribution in [2.45, 2.75) is 32.5 Å². The van der Waals surface area contributed by atoms with Crippen LogP contribution >= 0.6 is 0 Å². The molecular weight excluding hydrogens is 275 g/mol. The average Bonchev–Trinajstić information content (AvgIpc) is 2.25. The monoisotopic (exact) mass is 288 g/mol. The van der Waals surface area contributed by atoms with E-state index in [1.807, 2.05) is 0 Å². The summed E-state index contributed by atoms with van der Waals surface area (Å²) < 4.78 is 43.0. The van der Waals surface area contributed by atoms with Gasteiger partial charge in [-0.25, -0.2) is 4.79 Å². The fourth-order valence-corrected chi connectivity index (χ4v) is 1.37. The molecule has 0 aliphatic rings. The average molecular weight is 288 g/mol. The molecule has 1 aromatic rings. The van der Waals surface area contributed by atoms with Crippen LogP contribution < -0.4 is 5.32 Å². The normalized spacial score (nSPS) is 11.9. The molecule has 1 amide bonds. The van der Waals surface area contributed by atoms with Crippen LogP contribution in [0.1, 0.15) is 31.9 Å². The molecule has 0 bridgehead atoms. The lowest BCUT2D eigenvalue weighted by Gasteiger charge is -2.20. The van der Waals surface area contributed by atoms with Crippen molar-refractivity contribution in [2.75, 3.05) is 5.32 Å². The van der Waals surface area contributed by atoms with Gasteiger partial charge >= 0.3 is 12.3 Å². The summed E-state index contributed by atoms with van der Waals surface area (Å²) in [7, 11) is 0. The van der Waals surface area contributed by atoms with E-state index in [-0.39, 0.29) is 5.69 Å². The molecule has 0 unspecified atom stereocenters. The van der Waals surface area contributed by atoms with Gasteiger partial charge in [0.05, 0.1) is 5.56 Å². The van der Waals surface area contributed by atoms with Crippen LogP contribution in [0, 0.1) is 0 Å². The second-order valence-electron chi connectivity index (χ2n) is 4.99. The Labute approximate surface area is 113 Å². The summed E-state index contributed by atoms with van der Waals surface area (Å²) in [5.41, 5.74) is -2.67. The third kappa shape index (κ3) is 4.56. The van der Waals surface area contributed by atoms with Gasteiger partial charge in [-0.1, -0.05) is 0 Å². The zero-order valence-electron chi connectivity index (χ0n) is 11.1. The molecule has 109 valence electrons. The third-order valence-corrected chi connectivity index (χ3v) is 2.08. The lowest BCUT2D eigenvalue weighted by atomic mass is 10.1. The van der Waals surface area contributed by atoms with Crippen molar-refractivity contribution in [3.05, 3.63) is 29.3 Å². The van der Waals surface area contributed by atoms with E-state index in [4.69, 9.17) is 4.74 Å². The molecule has 0 atom stereocenters. The van der Waals surface area contributed by atoms with E-state index in [9.17, 15) is 22.8 Å². The number of rotatable bonds is 2. The van der Waals surface area contributed by atoms with Gasteiger partial charge in [0.25, 0.3) is 0 Å². The largest absolute Gasteiger partial charge is 0.444 e. The Bertz CT molecular complexity index is 519. The lowest BCUT2D eigenvalue weighted by Crippen LogP contribution is -2.27. The predicted molar refractivity (Wildman–Crippen MR) is 66.1 cm³/mol. The number of carbonyl (C=O) groups is 1. The molecule has 20 heavy (non-hydrogen) atoms. The molecule has 0 aromatic heterocycles. The quantitative estimate of drug-likeness (QED) is 0.906. The Morgan fingerprint density at radius 2 is 1.85 bits per heavy atom. The highest BCUT2D eigenvalue weighted by molar-refractivity contribution is 5.86. The van der Waals surface area contributed by atoms with E-state index in [0.29, 0.717) is 6.07 Å². The molecule has 0 aliphatic heterocycles. The number of amides is 1. The number of nitrogens with one attached hydrogen (secondary N) is 1. The first-order valence-electron chi connectivity index (χ1n) is 5.62. The van der Waals surface area contributed by atoms with Crippen molar-refractivity contribution in [3.63, 3.8) is 0 Å². The summed E-state index contributed by atoms with van der Waals surface area (Å²) >= 11 is 0. The van der Waals surface area contributed by atoms with Crippen molar-refractivity contribution in [1.82, 2.24) is 0 Å². The molecule has 0 fully saturated rings. The number of carbonyl (C=O) groups excluding carboxylic acids is 2. The minimum atomic E-state index is -4.71. The van der Waals surface area contributed by atoms with Crippen LogP contribution in [0.2, 0.25) is 0 Å². The van der Waals surface area contributed by atoms with Crippen LogP contribution in [0.15, 0.2) is 18.2 Å². The standard InChI is InChI=1S/C13H13F3NO3/c1-12(2,3)20-11(19)17-9-5-4-8(7-18)10(6-9)13(14,15)16/h4-6H,1-3H3,(H,17,19). The first-order valence-corrected chi connectivity index (χ1v) is 5.62. The Morgan fingerprint density at radius 3 is 2.30 bits per heavy atom. The van der Waals surface area contributed by atoms with Crippen molar-refractivity contribution in [1.29, 1.82) is 0 Å². The van der Waals surface area contributed by atoms with Crippen LogP contribution in [0.25, 0.3) is 0 Å². The molecule has 4 nitrogen and oxygen atoms in total. The van der Waals surface area contributed by atoms with Crippen LogP contribution in [-0.4, -0.2) is 18.0 Å². The summed E-state index contributed by atoms with van der Waals surface area (Å²) in [6.07, 6.45) is -4.38. The zero-order valence-corrected chi connectivity index (χ0v) is 11.1. The van der Waals surface area contributed by atoms with Gasteiger partial charge in [-0.3, -0.25) is 10.1 Å². The van der Waals surface area contributed by atoms with Gasteiger partial charge in [0.1, 0.15) is 5.60 Å². The van der Waals surface area contributed by atoms with Crippen molar-refractivity contribution in [3.8, 4) is 0 Å². The topological polar surface area (TPSA) is 55.4 Å². The number of halogens is 3. The number of hydrogen-bond donors (Lipinski definition) is 1. The maximum Gasteiger partial charge on any atom is 0.417 e. The van der Waals surface area contributed by atoms with Crippen LogP contribution in [-0.2, 0) is 15.7 Å². The molecule has 1 rings (SSSR count). The van der Waals surface area contributed by atoms with E-state index < -0.39 is 29.0 Å². The second-order valence-corrected chi connectivity index (χ2v) is 4.99. The van der Waals surface area contributed by atoms with E-state index in [2.05, 4.69) is 5.32 Å². The number of alkyl halides is 3. The van der Waals surface area contributed by atoms with Crippen LogP contribution in [0.4, 0.5) is 23.7 Å². The summed E-state index contributed by atoms with van der Waals surface area (Å²) in [5.74, 6) is 0. The van der Waals surface area contributed by atoms with Crippen molar-refractivity contribution in [2.24, 2.45) is 0 Å². The van der Waals surface area contributed by atoms with Crippen LogP contribution in [0.3, 0.4) is 0 Å². The van der Waals surface area contributed by atoms with E-state index >= 15 is 0 Å². The Morgan fingerprint density at radius 1 is 1.25 bits per heavy atom. The summed E-state index contributed by atoms with van der Waals surface area (Å²) in [4.78, 5) is 21.9. The molecule has 1 radical (unpaired) electrons. The maximum absolute atomic E-state index is 12.7. The number of benzene rings is 1. The van der Waals surface area contributed by atoms with Gasteiger partial charge < -0.3 is 4.74 Å². The second kappa shape index (κ2) is 5.52. The highest BCUT2D eigenvalue weighted by Gasteiger charge is 2.34. The Balaban J connectivity index is 2.99. The van der Waals surface area contributed by atoms with Gasteiger partial charge in [0.2, 0.25) is 6.29 Å². The van der Waals surface area contributed by atoms with Gasteiger partial charge in [-0.15, -0.1) is 0 Å². The van der Waals surface area contributed by atoms with Gasteiger partial charge in [0.15, 0.2) is 0 Å². The zero-order chi connectivity index (χ0) is 15.6. The first kappa shape index (κ1) is 16.0. The van der Waals surface area contributed by atoms with Gasteiger partial charge in [-0.05, 0) is 39.0 Å². The minimum Gasteiger partial charge on any atom is -0.444 e. The van der Waals surface area contributed by atoms with Crippen LogP contribution in [0.5, 0.6) is 0 Å². The predicted octanol–water partition coefficient (Wildman–Crippen LogP) is 3.51. The number of anilines is 1. The lowest BCUT2D eigenvalue weighted by molar-refractivity contribution is -0.137. The highest BCUT2D eigenvalue weighted by Crippen LogP contribution is 2.33. The molecule has 0 spiro atoms. The Hall–Kier alpha value is -2.05. The summed E-state index contributed by atoms with van der Waals surface area (Å²) in [5, 5.41) is 2.17. The van der Waals surface area contributed by atoms with Gasteiger partial charge in [0, 0.05) is 11.3 Å². The third-order valence-electron chi connectivity index (χ3n) is 2.08. The summed E-state index contributed by atoms with van der Waals surface area (Å²) in [6, 6.07) is 2.76. The molecular formula is C13H13F3NO3. The molecule has 0 saturated carbocycles. The number of hydrogen-bond acceptors (Lipinski definition) is 3. The minimum absolute atomic E-state index is 0.120. The van der Waals surface area contributed by atoms with E-state index in [1.165, 1.54) is 12.4 Å². The fraction of sp³-hybridized carbons (Fsp3) is 0.385. The van der Waals surface area contributed by atoms with Crippen molar-refractivity contribution >= 4 is 18.1 Å². The molecule has 0 aliphatic carbocycles. The van der Waals surface area contributed by atoms with E-state index in [1.54, 1.807) is 20.8 Å². The molecule has 1 N–H and O–H groups in total. The summed E-state index contributed by atoms with van der Waals surface area (Å²) in [6.45, 7) is 4.87. The van der Waals surface area contributed by atoms with Gasteiger partial charge in [-0.2, -0.15) is 13.2 Å². The first-order chi connectivity index (χ1) is 9.03. The number of ether oxygens (including phenoxy) is 1. The molecule has 0 heterocycles. The maximum atomic E-state index is 12.7. The highest BCUT2D eigenvalue weighted by atomic mass is 19.4. The smallest absolute Gasteiger partial charge is 0.417 e. The molecule has 7 heteroatoms. The Kier molecular flexibility index (Phi) is 4.42.